The highest BCUT2D eigenvalue weighted by Crippen LogP contribution is 2.17. The van der Waals surface area contributed by atoms with E-state index in [1.807, 2.05) is 19.9 Å². The summed E-state index contributed by atoms with van der Waals surface area (Å²) in [7, 11) is 0. The van der Waals surface area contributed by atoms with Gasteiger partial charge in [-0.2, -0.15) is 5.10 Å². The van der Waals surface area contributed by atoms with Gasteiger partial charge in [-0.15, -0.1) is 0 Å². The Labute approximate surface area is 87.2 Å². The van der Waals surface area contributed by atoms with Crippen LogP contribution in [0.2, 0.25) is 0 Å². The van der Waals surface area contributed by atoms with E-state index < -0.39 is 0 Å². The summed E-state index contributed by atoms with van der Waals surface area (Å²) in [6.07, 6.45) is 1.52. The lowest BCUT2D eigenvalue weighted by Gasteiger charge is -2.07. The minimum atomic E-state index is -0.308. The van der Waals surface area contributed by atoms with Crippen molar-refractivity contribution >= 4 is 16.9 Å². The van der Waals surface area contributed by atoms with Crippen LogP contribution in [0, 0.1) is 0 Å². The molecule has 1 aromatic heterocycles. The van der Waals surface area contributed by atoms with E-state index in [4.69, 9.17) is 4.74 Å². The fourth-order valence-corrected chi connectivity index (χ4v) is 1.42. The molecule has 0 amide bonds. The second-order valence-electron chi connectivity index (χ2n) is 3.59. The van der Waals surface area contributed by atoms with Crippen LogP contribution in [-0.2, 0) is 4.74 Å². The molecule has 0 saturated carbocycles. The third kappa shape index (κ3) is 1.83. The summed E-state index contributed by atoms with van der Waals surface area (Å²) in [5.74, 6) is -0.308. The third-order valence-electron chi connectivity index (χ3n) is 2.05. The van der Waals surface area contributed by atoms with Crippen LogP contribution >= 0.6 is 0 Å². The molecule has 1 aromatic carbocycles. The van der Waals surface area contributed by atoms with Crippen LogP contribution in [0.5, 0.6) is 0 Å². The van der Waals surface area contributed by atoms with Crippen molar-refractivity contribution < 1.29 is 9.53 Å². The van der Waals surface area contributed by atoms with Crippen molar-refractivity contribution in [2.45, 2.75) is 20.0 Å². The van der Waals surface area contributed by atoms with Gasteiger partial charge in [-0.25, -0.2) is 4.79 Å². The number of rotatable bonds is 2. The van der Waals surface area contributed by atoms with Gasteiger partial charge in [-0.05, 0) is 26.0 Å². The lowest BCUT2D eigenvalue weighted by atomic mass is 10.1. The van der Waals surface area contributed by atoms with E-state index in [0.717, 1.165) is 10.9 Å². The average molecular weight is 204 g/mol. The molecule has 78 valence electrons. The van der Waals surface area contributed by atoms with Crippen LogP contribution in [0.1, 0.15) is 24.2 Å². The van der Waals surface area contributed by atoms with Gasteiger partial charge in [0.2, 0.25) is 0 Å². The molecule has 0 aliphatic heterocycles. The number of benzene rings is 1. The molecule has 0 aliphatic rings. The molecule has 4 heteroatoms. The Morgan fingerprint density at radius 1 is 1.47 bits per heavy atom. The van der Waals surface area contributed by atoms with Gasteiger partial charge < -0.3 is 4.74 Å². The number of aromatic nitrogens is 2. The fraction of sp³-hybridized carbons (Fsp3) is 0.273. The zero-order valence-corrected chi connectivity index (χ0v) is 8.65. The van der Waals surface area contributed by atoms with Gasteiger partial charge in [0.05, 0.1) is 23.4 Å². The number of esters is 1. The Hall–Kier alpha value is -1.84. The minimum absolute atomic E-state index is 0.111. The van der Waals surface area contributed by atoms with Gasteiger partial charge in [0.25, 0.3) is 0 Å². The summed E-state index contributed by atoms with van der Waals surface area (Å²) >= 11 is 0. The maximum Gasteiger partial charge on any atom is 0.339 e. The van der Waals surface area contributed by atoms with E-state index in [0.29, 0.717) is 5.56 Å². The predicted molar refractivity (Wildman–Crippen MR) is 56.6 cm³/mol. The smallest absolute Gasteiger partial charge is 0.339 e. The maximum atomic E-state index is 11.7. The Morgan fingerprint density at radius 3 is 3.00 bits per heavy atom. The molecule has 2 aromatic rings. The van der Waals surface area contributed by atoms with E-state index in [2.05, 4.69) is 10.2 Å². The van der Waals surface area contributed by atoms with Crippen molar-refractivity contribution in [3.63, 3.8) is 0 Å². The molecular formula is C11H12N2O2. The van der Waals surface area contributed by atoms with Crippen molar-refractivity contribution in [1.82, 2.24) is 10.2 Å². The van der Waals surface area contributed by atoms with E-state index in [1.54, 1.807) is 18.3 Å². The van der Waals surface area contributed by atoms with Crippen LogP contribution in [0.15, 0.2) is 24.4 Å². The Bertz CT molecular complexity index is 488. The summed E-state index contributed by atoms with van der Waals surface area (Å²) in [6, 6.07) is 5.41. The number of carbonyl (C=O) groups excluding carboxylic acids is 1. The molecule has 2 rings (SSSR count). The first-order valence-corrected chi connectivity index (χ1v) is 4.81. The van der Waals surface area contributed by atoms with Crippen LogP contribution < -0.4 is 0 Å². The summed E-state index contributed by atoms with van der Waals surface area (Å²) in [6.45, 7) is 3.65. The molecule has 0 atom stereocenters. The number of carbonyl (C=O) groups is 1. The molecule has 0 radical (unpaired) electrons. The summed E-state index contributed by atoms with van der Waals surface area (Å²) in [5, 5.41) is 7.50. The quantitative estimate of drug-likeness (QED) is 0.762. The Kier molecular flexibility index (Phi) is 2.41. The van der Waals surface area contributed by atoms with Gasteiger partial charge in [0, 0.05) is 5.39 Å². The zero-order valence-electron chi connectivity index (χ0n) is 8.65. The largest absolute Gasteiger partial charge is 0.459 e. The van der Waals surface area contributed by atoms with Crippen molar-refractivity contribution in [1.29, 1.82) is 0 Å². The highest BCUT2D eigenvalue weighted by atomic mass is 16.5. The van der Waals surface area contributed by atoms with Crippen LogP contribution in [0.3, 0.4) is 0 Å². The number of nitrogens with zero attached hydrogens (tertiary/aromatic N) is 1. The molecule has 15 heavy (non-hydrogen) atoms. The number of ether oxygens (including phenoxy) is 1. The molecule has 1 N–H and O–H groups in total. The van der Waals surface area contributed by atoms with Crippen molar-refractivity contribution in [3.05, 3.63) is 30.0 Å². The van der Waals surface area contributed by atoms with Gasteiger partial charge in [0.1, 0.15) is 0 Å². The van der Waals surface area contributed by atoms with Gasteiger partial charge >= 0.3 is 5.97 Å². The maximum absolute atomic E-state index is 11.7. The van der Waals surface area contributed by atoms with Crippen molar-refractivity contribution in [3.8, 4) is 0 Å². The first kappa shape index (κ1) is 9.71. The first-order chi connectivity index (χ1) is 7.18. The average Bonchev–Trinajstić information content (AvgIpc) is 2.63. The monoisotopic (exact) mass is 204 g/mol. The summed E-state index contributed by atoms with van der Waals surface area (Å²) in [4.78, 5) is 11.7. The number of aromatic amines is 1. The molecular weight excluding hydrogens is 192 g/mol. The molecule has 0 spiro atoms. The molecule has 0 unspecified atom stereocenters. The molecule has 0 aliphatic carbocycles. The second kappa shape index (κ2) is 3.73. The lowest BCUT2D eigenvalue weighted by Crippen LogP contribution is -2.11. The number of hydrogen-bond donors (Lipinski definition) is 1. The molecule has 0 saturated heterocycles. The first-order valence-electron chi connectivity index (χ1n) is 4.81. The van der Waals surface area contributed by atoms with E-state index >= 15 is 0 Å². The number of H-pyrrole nitrogens is 1. The van der Waals surface area contributed by atoms with Gasteiger partial charge in [-0.3, -0.25) is 5.10 Å². The van der Waals surface area contributed by atoms with Crippen LogP contribution in [0.25, 0.3) is 10.9 Å². The standard InChI is InChI=1S/C11H12N2O2/c1-7(2)15-11(14)8-4-3-5-10-9(8)6-12-13-10/h3-7H,1-2H3,(H,12,13). The van der Waals surface area contributed by atoms with E-state index in [1.165, 1.54) is 0 Å². The SMILES string of the molecule is CC(C)OC(=O)c1cccc2[nH]ncc12. The third-order valence-corrected chi connectivity index (χ3v) is 2.05. The Balaban J connectivity index is 2.42. The van der Waals surface area contributed by atoms with Gasteiger partial charge in [-0.1, -0.05) is 6.07 Å². The molecule has 0 fully saturated rings. The van der Waals surface area contributed by atoms with Crippen molar-refractivity contribution in [2.24, 2.45) is 0 Å². The molecule has 1 heterocycles. The van der Waals surface area contributed by atoms with Crippen LogP contribution in [-0.4, -0.2) is 22.3 Å². The van der Waals surface area contributed by atoms with Crippen molar-refractivity contribution in [2.75, 3.05) is 0 Å². The highest BCUT2D eigenvalue weighted by molar-refractivity contribution is 6.03. The second-order valence-corrected chi connectivity index (χ2v) is 3.59. The molecule has 4 nitrogen and oxygen atoms in total. The van der Waals surface area contributed by atoms with E-state index in [9.17, 15) is 4.79 Å². The van der Waals surface area contributed by atoms with Crippen LogP contribution in [0.4, 0.5) is 0 Å². The number of fused-ring (bicyclic) bond motifs is 1. The normalized spacial score (nSPS) is 10.9. The summed E-state index contributed by atoms with van der Waals surface area (Å²) < 4.78 is 5.13. The Morgan fingerprint density at radius 2 is 2.27 bits per heavy atom. The minimum Gasteiger partial charge on any atom is -0.459 e. The number of nitrogens with one attached hydrogen (secondary N) is 1. The fourth-order valence-electron chi connectivity index (χ4n) is 1.42. The topological polar surface area (TPSA) is 55.0 Å². The zero-order chi connectivity index (χ0) is 10.8. The predicted octanol–water partition coefficient (Wildman–Crippen LogP) is 2.13. The highest BCUT2D eigenvalue weighted by Gasteiger charge is 2.13. The van der Waals surface area contributed by atoms with E-state index in [-0.39, 0.29) is 12.1 Å². The lowest BCUT2D eigenvalue weighted by molar-refractivity contribution is 0.0380. The summed E-state index contributed by atoms with van der Waals surface area (Å²) in [5.41, 5.74) is 1.39. The van der Waals surface area contributed by atoms with Gasteiger partial charge in [0.15, 0.2) is 0 Å². The number of hydrogen-bond acceptors (Lipinski definition) is 3. The molecule has 0 bridgehead atoms.